The number of amides is 1. The Bertz CT molecular complexity index is 1090. The van der Waals surface area contributed by atoms with Crippen molar-refractivity contribution >= 4 is 17.4 Å². The maximum Gasteiger partial charge on any atom is 0.295 e. The molecular weight excluding hydrogens is 428 g/mol. The molecule has 2 N–H and O–H groups in total. The lowest BCUT2D eigenvalue weighted by Crippen LogP contribution is -2.35. The summed E-state index contributed by atoms with van der Waals surface area (Å²) in [5.41, 5.74) is 0.685. The summed E-state index contributed by atoms with van der Waals surface area (Å²) < 4.78 is 15.6. The van der Waals surface area contributed by atoms with Crippen LogP contribution in [0.1, 0.15) is 17.2 Å². The van der Waals surface area contributed by atoms with Gasteiger partial charge in [0, 0.05) is 18.7 Å². The first kappa shape index (κ1) is 23.9. The van der Waals surface area contributed by atoms with Crippen LogP contribution in [0.4, 0.5) is 0 Å². The molecule has 1 heterocycles. The number of benzene rings is 2. The van der Waals surface area contributed by atoms with Gasteiger partial charge in [-0.15, -0.1) is 0 Å². The third-order valence-corrected chi connectivity index (χ3v) is 5.50. The standard InChI is InChI=1S/C24H28N2O7/c1-25(2)10-11-26-21(14-6-8-17(31-3)16(27)12-14)20(23(29)24(26)30)22(28)15-7-9-18(32-4)19(13-15)33-5/h6-9,12-13,21,27-28H,10-11H2,1-5H3/b22-20-. The second-order valence-corrected chi connectivity index (χ2v) is 7.80. The van der Waals surface area contributed by atoms with Crippen molar-refractivity contribution in [2.24, 2.45) is 0 Å². The third kappa shape index (κ3) is 4.58. The third-order valence-electron chi connectivity index (χ3n) is 5.50. The van der Waals surface area contributed by atoms with Crippen LogP contribution in [0.15, 0.2) is 42.0 Å². The van der Waals surface area contributed by atoms with Crippen molar-refractivity contribution in [1.29, 1.82) is 0 Å². The van der Waals surface area contributed by atoms with E-state index in [-0.39, 0.29) is 29.4 Å². The number of aliphatic hydroxyl groups is 1. The van der Waals surface area contributed by atoms with Crippen LogP contribution in [0.3, 0.4) is 0 Å². The summed E-state index contributed by atoms with van der Waals surface area (Å²) in [4.78, 5) is 29.3. The molecule has 9 heteroatoms. The van der Waals surface area contributed by atoms with Gasteiger partial charge in [0.2, 0.25) is 0 Å². The molecule has 1 aliphatic heterocycles. The second-order valence-electron chi connectivity index (χ2n) is 7.80. The van der Waals surface area contributed by atoms with Crippen LogP contribution in [-0.2, 0) is 9.59 Å². The summed E-state index contributed by atoms with van der Waals surface area (Å²) in [6.45, 7) is 0.750. The van der Waals surface area contributed by atoms with Crippen molar-refractivity contribution in [3.05, 3.63) is 53.1 Å². The van der Waals surface area contributed by atoms with Gasteiger partial charge in [0.25, 0.3) is 11.7 Å². The van der Waals surface area contributed by atoms with E-state index >= 15 is 0 Å². The van der Waals surface area contributed by atoms with E-state index in [4.69, 9.17) is 14.2 Å². The summed E-state index contributed by atoms with van der Waals surface area (Å²) in [6, 6.07) is 8.45. The van der Waals surface area contributed by atoms with Crippen molar-refractivity contribution < 1.29 is 34.0 Å². The number of methoxy groups -OCH3 is 3. The molecule has 1 aliphatic rings. The van der Waals surface area contributed by atoms with Gasteiger partial charge >= 0.3 is 0 Å². The average Bonchev–Trinajstić information content (AvgIpc) is 3.06. The topological polar surface area (TPSA) is 109 Å². The van der Waals surface area contributed by atoms with Gasteiger partial charge in [-0.25, -0.2) is 0 Å². The lowest BCUT2D eigenvalue weighted by Gasteiger charge is -2.27. The first-order valence-electron chi connectivity index (χ1n) is 10.3. The zero-order chi connectivity index (χ0) is 24.3. The van der Waals surface area contributed by atoms with Gasteiger partial charge in [-0.1, -0.05) is 6.07 Å². The van der Waals surface area contributed by atoms with Crippen molar-refractivity contribution in [2.75, 3.05) is 48.5 Å². The molecule has 1 atom stereocenters. The van der Waals surface area contributed by atoms with Gasteiger partial charge in [0.05, 0.1) is 32.9 Å². The largest absolute Gasteiger partial charge is 0.507 e. The number of hydrogen-bond acceptors (Lipinski definition) is 8. The van der Waals surface area contributed by atoms with Crippen molar-refractivity contribution in [1.82, 2.24) is 9.80 Å². The number of likely N-dealkylation sites (tertiary alicyclic amines) is 1. The van der Waals surface area contributed by atoms with E-state index in [2.05, 4.69) is 0 Å². The van der Waals surface area contributed by atoms with Crippen LogP contribution in [0.2, 0.25) is 0 Å². The highest BCUT2D eigenvalue weighted by molar-refractivity contribution is 6.46. The smallest absolute Gasteiger partial charge is 0.295 e. The fourth-order valence-electron chi connectivity index (χ4n) is 3.78. The lowest BCUT2D eigenvalue weighted by atomic mass is 9.95. The van der Waals surface area contributed by atoms with Crippen LogP contribution in [0.5, 0.6) is 23.0 Å². The molecule has 1 amide bonds. The molecule has 1 fully saturated rings. The van der Waals surface area contributed by atoms with E-state index in [1.54, 1.807) is 24.3 Å². The number of carbonyl (C=O) groups is 2. The highest BCUT2D eigenvalue weighted by Gasteiger charge is 2.46. The molecule has 176 valence electrons. The van der Waals surface area contributed by atoms with Crippen LogP contribution in [0.25, 0.3) is 5.76 Å². The monoisotopic (exact) mass is 456 g/mol. The van der Waals surface area contributed by atoms with Crippen molar-refractivity contribution in [3.63, 3.8) is 0 Å². The number of rotatable bonds is 8. The summed E-state index contributed by atoms with van der Waals surface area (Å²) in [5.74, 6) is -0.940. The number of aromatic hydroxyl groups is 1. The van der Waals surface area contributed by atoms with E-state index < -0.39 is 17.7 Å². The number of Topliss-reactive ketones (excluding diaryl/α,β-unsaturated/α-hetero) is 1. The molecule has 0 radical (unpaired) electrons. The van der Waals surface area contributed by atoms with Crippen molar-refractivity contribution in [3.8, 4) is 23.0 Å². The minimum Gasteiger partial charge on any atom is -0.507 e. The molecule has 2 aromatic carbocycles. The normalized spacial score (nSPS) is 17.5. The van der Waals surface area contributed by atoms with Crippen LogP contribution in [-0.4, -0.2) is 80.2 Å². The fourth-order valence-corrected chi connectivity index (χ4v) is 3.78. The quantitative estimate of drug-likeness (QED) is 0.354. The molecule has 0 aromatic heterocycles. The highest BCUT2D eigenvalue weighted by atomic mass is 16.5. The maximum atomic E-state index is 13.1. The van der Waals surface area contributed by atoms with Gasteiger partial charge in [0.15, 0.2) is 23.0 Å². The Hall–Kier alpha value is -3.72. The number of aliphatic hydroxyl groups excluding tert-OH is 1. The number of phenolic OH excluding ortho intramolecular Hbond substituents is 1. The van der Waals surface area contributed by atoms with Gasteiger partial charge < -0.3 is 34.2 Å². The average molecular weight is 456 g/mol. The van der Waals surface area contributed by atoms with Gasteiger partial charge in [0.1, 0.15) is 5.76 Å². The zero-order valence-electron chi connectivity index (χ0n) is 19.3. The van der Waals surface area contributed by atoms with Crippen molar-refractivity contribution in [2.45, 2.75) is 6.04 Å². The molecule has 33 heavy (non-hydrogen) atoms. The highest BCUT2D eigenvalue weighted by Crippen LogP contribution is 2.42. The minimum atomic E-state index is -0.894. The fraction of sp³-hybridized carbons (Fsp3) is 0.333. The lowest BCUT2D eigenvalue weighted by molar-refractivity contribution is -0.140. The van der Waals surface area contributed by atoms with E-state index in [0.717, 1.165) is 0 Å². The summed E-state index contributed by atoms with van der Waals surface area (Å²) in [7, 11) is 8.09. The number of carbonyl (C=O) groups excluding carboxylic acids is 2. The SMILES string of the molecule is COc1ccc(C2/C(=C(/O)c3ccc(OC)c(OC)c3)C(=O)C(=O)N2CCN(C)C)cc1O. The molecule has 3 rings (SSSR count). The van der Waals surface area contributed by atoms with Crippen LogP contribution in [0, 0.1) is 0 Å². The molecule has 0 bridgehead atoms. The molecule has 1 saturated heterocycles. The number of nitrogens with zero attached hydrogens (tertiary/aromatic N) is 2. The summed E-state index contributed by atoms with van der Waals surface area (Å²) in [5, 5.41) is 21.5. The van der Waals surface area contributed by atoms with Gasteiger partial charge in [-0.3, -0.25) is 9.59 Å². The number of ether oxygens (including phenoxy) is 3. The second kappa shape index (κ2) is 9.83. The Balaban J connectivity index is 2.19. The summed E-state index contributed by atoms with van der Waals surface area (Å²) >= 11 is 0. The van der Waals surface area contributed by atoms with E-state index in [0.29, 0.717) is 29.2 Å². The minimum absolute atomic E-state index is 0.0736. The number of hydrogen-bond donors (Lipinski definition) is 2. The van der Waals surface area contributed by atoms with Gasteiger partial charge in [-0.05, 0) is 50.0 Å². The predicted molar refractivity (Wildman–Crippen MR) is 122 cm³/mol. The molecular formula is C24H28N2O7. The first-order chi connectivity index (χ1) is 15.7. The molecule has 2 aromatic rings. The Morgan fingerprint density at radius 3 is 2.18 bits per heavy atom. The predicted octanol–water partition coefficient (Wildman–Crippen LogP) is 2.40. The Morgan fingerprint density at radius 2 is 1.61 bits per heavy atom. The number of likely N-dealkylation sites (N-methyl/N-ethyl adjacent to an activating group) is 1. The Kier molecular flexibility index (Phi) is 7.13. The van der Waals surface area contributed by atoms with Gasteiger partial charge in [-0.2, -0.15) is 0 Å². The molecule has 0 saturated carbocycles. The first-order valence-corrected chi connectivity index (χ1v) is 10.3. The zero-order valence-corrected chi connectivity index (χ0v) is 19.3. The Labute approximate surface area is 192 Å². The maximum absolute atomic E-state index is 13.1. The number of ketones is 1. The molecule has 1 unspecified atom stereocenters. The molecule has 9 nitrogen and oxygen atoms in total. The van der Waals surface area contributed by atoms with E-state index in [1.807, 2.05) is 19.0 Å². The number of phenols is 1. The summed E-state index contributed by atoms with van der Waals surface area (Å²) in [6.07, 6.45) is 0. The molecule has 0 spiro atoms. The Morgan fingerprint density at radius 1 is 0.970 bits per heavy atom. The van der Waals surface area contributed by atoms with E-state index in [1.165, 1.54) is 38.4 Å². The van der Waals surface area contributed by atoms with E-state index in [9.17, 15) is 19.8 Å². The van der Waals surface area contributed by atoms with Crippen LogP contribution < -0.4 is 14.2 Å². The van der Waals surface area contributed by atoms with Crippen LogP contribution >= 0.6 is 0 Å². The molecule has 0 aliphatic carbocycles.